The number of nitrogens with one attached hydrogen (secondary N) is 1. The Kier molecular flexibility index (Phi) is 6.04. The smallest absolute Gasteiger partial charge is 0.138 e. The number of aromatic nitrogens is 1. The van der Waals surface area contributed by atoms with Crippen LogP contribution < -0.4 is 10.1 Å². The van der Waals surface area contributed by atoms with Crippen LogP contribution in [0.4, 0.5) is 0 Å². The minimum Gasteiger partial charge on any atom is -0.489 e. The van der Waals surface area contributed by atoms with Crippen molar-refractivity contribution >= 4 is 0 Å². The van der Waals surface area contributed by atoms with Crippen molar-refractivity contribution < 1.29 is 4.74 Å². The second kappa shape index (κ2) is 7.79. The van der Waals surface area contributed by atoms with Crippen molar-refractivity contribution in [3.05, 3.63) is 24.0 Å². The lowest BCUT2D eigenvalue weighted by Gasteiger charge is -2.28. The van der Waals surface area contributed by atoms with Crippen LogP contribution in [0, 0.1) is 11.8 Å². The van der Waals surface area contributed by atoms with E-state index >= 15 is 0 Å². The molecule has 3 nitrogen and oxygen atoms in total. The first kappa shape index (κ1) is 16.3. The molecule has 3 unspecified atom stereocenters. The number of hydrogen-bond acceptors (Lipinski definition) is 3. The molecule has 0 amide bonds. The third-order valence-electron chi connectivity index (χ3n) is 4.44. The van der Waals surface area contributed by atoms with E-state index in [-0.39, 0.29) is 6.10 Å². The summed E-state index contributed by atoms with van der Waals surface area (Å²) in [5.41, 5.74) is 1.28. The molecule has 1 aromatic rings. The zero-order valence-corrected chi connectivity index (χ0v) is 13.9. The molecule has 0 radical (unpaired) electrons. The van der Waals surface area contributed by atoms with E-state index in [4.69, 9.17) is 4.74 Å². The minimum atomic E-state index is 0.189. The van der Waals surface area contributed by atoms with Gasteiger partial charge in [-0.15, -0.1) is 0 Å². The SMILES string of the molecule is CCCNC(c1cncc(OC(C)C)c1)C1CCCC1C. The maximum absolute atomic E-state index is 5.81. The molecular weight excluding hydrogens is 260 g/mol. The number of hydrogen-bond donors (Lipinski definition) is 1. The average molecular weight is 290 g/mol. The molecule has 1 N–H and O–H groups in total. The van der Waals surface area contributed by atoms with Crippen LogP contribution in [0.3, 0.4) is 0 Å². The van der Waals surface area contributed by atoms with Crippen molar-refractivity contribution in [1.29, 1.82) is 0 Å². The summed E-state index contributed by atoms with van der Waals surface area (Å²) >= 11 is 0. The second-order valence-electron chi connectivity index (χ2n) is 6.62. The maximum Gasteiger partial charge on any atom is 0.138 e. The van der Waals surface area contributed by atoms with Crippen molar-refractivity contribution in [3.63, 3.8) is 0 Å². The van der Waals surface area contributed by atoms with Crippen LogP contribution in [0.5, 0.6) is 5.75 Å². The van der Waals surface area contributed by atoms with Crippen molar-refractivity contribution in [1.82, 2.24) is 10.3 Å². The van der Waals surface area contributed by atoms with E-state index in [1.54, 1.807) is 0 Å². The molecule has 0 saturated heterocycles. The first-order chi connectivity index (χ1) is 10.1. The van der Waals surface area contributed by atoms with E-state index in [0.29, 0.717) is 12.0 Å². The first-order valence-corrected chi connectivity index (χ1v) is 8.46. The predicted molar refractivity (Wildman–Crippen MR) is 87.5 cm³/mol. The molecule has 0 bridgehead atoms. The standard InChI is InChI=1S/C18H30N2O/c1-5-9-20-18(17-8-6-7-14(17)4)15-10-16(12-19-11-15)21-13(2)3/h10-14,17-18,20H,5-9H2,1-4H3. The Hall–Kier alpha value is -1.09. The largest absolute Gasteiger partial charge is 0.489 e. The van der Waals surface area contributed by atoms with Crippen LogP contribution >= 0.6 is 0 Å². The molecule has 0 aliphatic heterocycles. The highest BCUT2D eigenvalue weighted by molar-refractivity contribution is 5.27. The molecule has 3 atom stereocenters. The van der Waals surface area contributed by atoms with Gasteiger partial charge in [-0.1, -0.05) is 26.7 Å². The summed E-state index contributed by atoms with van der Waals surface area (Å²) in [6.07, 6.45) is 9.19. The van der Waals surface area contributed by atoms with E-state index in [1.807, 2.05) is 12.4 Å². The second-order valence-corrected chi connectivity index (χ2v) is 6.62. The Morgan fingerprint density at radius 2 is 2.14 bits per heavy atom. The van der Waals surface area contributed by atoms with Gasteiger partial charge < -0.3 is 10.1 Å². The van der Waals surface area contributed by atoms with Gasteiger partial charge in [0.15, 0.2) is 0 Å². The molecular formula is C18H30N2O. The maximum atomic E-state index is 5.81. The Morgan fingerprint density at radius 1 is 1.33 bits per heavy atom. The highest BCUT2D eigenvalue weighted by Gasteiger charge is 2.31. The fourth-order valence-corrected chi connectivity index (χ4v) is 3.43. The van der Waals surface area contributed by atoms with Crippen LogP contribution in [0.2, 0.25) is 0 Å². The highest BCUT2D eigenvalue weighted by atomic mass is 16.5. The quantitative estimate of drug-likeness (QED) is 0.811. The fraction of sp³-hybridized carbons (Fsp3) is 0.722. The normalized spacial score (nSPS) is 23.5. The van der Waals surface area contributed by atoms with Crippen LogP contribution in [0.15, 0.2) is 18.5 Å². The molecule has 1 heterocycles. The van der Waals surface area contributed by atoms with Gasteiger partial charge in [0.1, 0.15) is 5.75 Å². The summed E-state index contributed by atoms with van der Waals surface area (Å²) in [6.45, 7) is 9.78. The van der Waals surface area contributed by atoms with Gasteiger partial charge in [-0.25, -0.2) is 0 Å². The molecule has 2 rings (SSSR count). The zero-order valence-electron chi connectivity index (χ0n) is 13.9. The summed E-state index contributed by atoms with van der Waals surface area (Å²) in [4.78, 5) is 4.40. The Balaban J connectivity index is 2.19. The first-order valence-electron chi connectivity index (χ1n) is 8.46. The fourth-order valence-electron chi connectivity index (χ4n) is 3.43. The lowest BCUT2D eigenvalue weighted by molar-refractivity contribution is 0.240. The van der Waals surface area contributed by atoms with Gasteiger partial charge in [0, 0.05) is 12.2 Å². The van der Waals surface area contributed by atoms with Gasteiger partial charge >= 0.3 is 0 Å². The summed E-state index contributed by atoms with van der Waals surface area (Å²) in [5.74, 6) is 2.39. The third-order valence-corrected chi connectivity index (χ3v) is 4.44. The van der Waals surface area contributed by atoms with Gasteiger partial charge in [0.25, 0.3) is 0 Å². The van der Waals surface area contributed by atoms with Crippen molar-refractivity contribution in [2.45, 2.75) is 65.5 Å². The average Bonchev–Trinajstić information content (AvgIpc) is 2.85. The molecule has 1 aliphatic carbocycles. The molecule has 3 heteroatoms. The van der Waals surface area contributed by atoms with Gasteiger partial charge in [-0.05, 0) is 56.7 Å². The predicted octanol–water partition coefficient (Wildman–Crippen LogP) is 4.35. The van der Waals surface area contributed by atoms with Gasteiger partial charge in [0.2, 0.25) is 0 Å². The van der Waals surface area contributed by atoms with Crippen LogP contribution in [-0.4, -0.2) is 17.6 Å². The zero-order chi connectivity index (χ0) is 15.2. The Bertz CT molecular complexity index is 433. The minimum absolute atomic E-state index is 0.189. The Labute approximate surface area is 129 Å². The van der Waals surface area contributed by atoms with Crippen LogP contribution in [0.1, 0.15) is 65.0 Å². The number of pyridine rings is 1. The molecule has 1 aromatic heterocycles. The van der Waals surface area contributed by atoms with Crippen LogP contribution in [0.25, 0.3) is 0 Å². The van der Waals surface area contributed by atoms with E-state index in [1.165, 1.54) is 24.8 Å². The summed E-state index contributed by atoms with van der Waals surface area (Å²) in [5, 5.41) is 3.74. The number of nitrogens with zero attached hydrogens (tertiary/aromatic N) is 1. The van der Waals surface area contributed by atoms with Gasteiger partial charge in [-0.3, -0.25) is 4.98 Å². The highest BCUT2D eigenvalue weighted by Crippen LogP contribution is 2.40. The summed E-state index contributed by atoms with van der Waals surface area (Å²) < 4.78 is 5.81. The van der Waals surface area contributed by atoms with E-state index in [9.17, 15) is 0 Å². The lowest BCUT2D eigenvalue weighted by atomic mass is 9.86. The monoisotopic (exact) mass is 290 g/mol. The Morgan fingerprint density at radius 3 is 2.76 bits per heavy atom. The van der Waals surface area contributed by atoms with Crippen molar-refractivity contribution in [2.75, 3.05) is 6.54 Å². The van der Waals surface area contributed by atoms with Crippen molar-refractivity contribution in [3.8, 4) is 5.75 Å². The third kappa shape index (κ3) is 4.44. The van der Waals surface area contributed by atoms with Gasteiger partial charge in [-0.2, -0.15) is 0 Å². The molecule has 0 aromatic carbocycles. The molecule has 1 aliphatic rings. The molecule has 1 fully saturated rings. The van der Waals surface area contributed by atoms with Crippen molar-refractivity contribution in [2.24, 2.45) is 11.8 Å². The van der Waals surface area contributed by atoms with E-state index in [2.05, 4.69) is 44.1 Å². The summed E-state index contributed by atoms with van der Waals surface area (Å²) in [7, 11) is 0. The molecule has 21 heavy (non-hydrogen) atoms. The molecule has 118 valence electrons. The van der Waals surface area contributed by atoms with Crippen LogP contribution in [-0.2, 0) is 0 Å². The number of ether oxygens (including phenoxy) is 1. The lowest BCUT2D eigenvalue weighted by Crippen LogP contribution is -2.30. The summed E-state index contributed by atoms with van der Waals surface area (Å²) in [6, 6.07) is 2.58. The van der Waals surface area contributed by atoms with E-state index < -0.39 is 0 Å². The van der Waals surface area contributed by atoms with E-state index in [0.717, 1.165) is 24.6 Å². The molecule has 1 saturated carbocycles. The topological polar surface area (TPSA) is 34.2 Å². The molecule has 0 spiro atoms. The number of rotatable bonds is 7. The van der Waals surface area contributed by atoms with Gasteiger partial charge in [0.05, 0.1) is 12.3 Å².